The minimum Gasteiger partial charge on any atom is -0.337 e. The average Bonchev–Trinajstić information content (AvgIpc) is 2.61. The summed E-state index contributed by atoms with van der Waals surface area (Å²) in [4.78, 5) is 3.70. The van der Waals surface area contributed by atoms with Gasteiger partial charge in [-0.2, -0.15) is 13.2 Å². The number of aromatic nitrogens is 2. The van der Waals surface area contributed by atoms with E-state index in [0.717, 1.165) is 25.6 Å². The van der Waals surface area contributed by atoms with Crippen molar-refractivity contribution in [3.8, 4) is 0 Å². The number of aryl methyl sites for hydroxylation is 1. The van der Waals surface area contributed by atoms with Crippen LogP contribution in [-0.2, 0) is 13.2 Å². The molecule has 1 atom stereocenters. The van der Waals surface area contributed by atoms with Crippen LogP contribution in [-0.4, -0.2) is 22.6 Å². The van der Waals surface area contributed by atoms with Crippen LogP contribution in [0.3, 0.4) is 0 Å². The summed E-state index contributed by atoms with van der Waals surface area (Å²) >= 11 is 0. The quantitative estimate of drug-likeness (QED) is 0.803. The van der Waals surface area contributed by atoms with Gasteiger partial charge in [-0.25, -0.2) is 4.98 Å². The molecular formula is C10H14F3N3. The lowest BCUT2D eigenvalue weighted by Gasteiger charge is -2.22. The van der Waals surface area contributed by atoms with Crippen molar-refractivity contribution < 1.29 is 13.2 Å². The van der Waals surface area contributed by atoms with Gasteiger partial charge in [-0.15, -0.1) is 0 Å². The van der Waals surface area contributed by atoms with Gasteiger partial charge in [0.25, 0.3) is 0 Å². The van der Waals surface area contributed by atoms with Crippen LogP contribution < -0.4 is 5.32 Å². The zero-order valence-electron chi connectivity index (χ0n) is 9.01. The van der Waals surface area contributed by atoms with Crippen molar-refractivity contribution in [1.82, 2.24) is 14.9 Å². The van der Waals surface area contributed by atoms with Crippen molar-refractivity contribution in [2.24, 2.45) is 7.05 Å². The second-order valence-corrected chi connectivity index (χ2v) is 4.14. The SMILES string of the molecule is Cn1cc(C(F)(F)F)nc1C1CCCNC1. The van der Waals surface area contributed by atoms with Crippen LogP contribution >= 0.6 is 0 Å². The van der Waals surface area contributed by atoms with Crippen molar-refractivity contribution in [2.45, 2.75) is 24.9 Å². The van der Waals surface area contributed by atoms with E-state index in [9.17, 15) is 13.2 Å². The molecule has 0 saturated carbocycles. The number of rotatable bonds is 1. The van der Waals surface area contributed by atoms with E-state index in [4.69, 9.17) is 0 Å². The van der Waals surface area contributed by atoms with Crippen LogP contribution in [0.4, 0.5) is 13.2 Å². The smallest absolute Gasteiger partial charge is 0.337 e. The van der Waals surface area contributed by atoms with E-state index in [1.807, 2.05) is 0 Å². The van der Waals surface area contributed by atoms with Crippen molar-refractivity contribution in [3.05, 3.63) is 17.7 Å². The third kappa shape index (κ3) is 2.21. The fourth-order valence-electron chi connectivity index (χ4n) is 2.07. The van der Waals surface area contributed by atoms with Crippen LogP contribution in [0.2, 0.25) is 0 Å². The van der Waals surface area contributed by atoms with Gasteiger partial charge in [-0.3, -0.25) is 0 Å². The molecule has 0 radical (unpaired) electrons. The fraction of sp³-hybridized carbons (Fsp3) is 0.700. The first kappa shape index (κ1) is 11.4. The first-order chi connectivity index (χ1) is 7.48. The maximum absolute atomic E-state index is 12.5. The Balaban J connectivity index is 2.24. The lowest BCUT2D eigenvalue weighted by Crippen LogP contribution is -2.29. The first-order valence-electron chi connectivity index (χ1n) is 5.29. The molecule has 1 N–H and O–H groups in total. The highest BCUT2D eigenvalue weighted by molar-refractivity contribution is 5.11. The van der Waals surface area contributed by atoms with Crippen LogP contribution in [0.1, 0.15) is 30.3 Å². The molecule has 1 saturated heterocycles. The Morgan fingerprint density at radius 3 is 2.75 bits per heavy atom. The Kier molecular flexibility index (Phi) is 2.92. The first-order valence-corrected chi connectivity index (χ1v) is 5.29. The lowest BCUT2D eigenvalue weighted by molar-refractivity contribution is -0.141. The van der Waals surface area contributed by atoms with Crippen LogP contribution in [0.25, 0.3) is 0 Å². The summed E-state index contributed by atoms with van der Waals surface area (Å²) in [6.07, 6.45) is -1.41. The third-order valence-corrected chi connectivity index (χ3v) is 2.86. The van der Waals surface area contributed by atoms with Gasteiger partial charge in [0.05, 0.1) is 0 Å². The highest BCUT2D eigenvalue weighted by Crippen LogP contribution is 2.30. The standard InChI is InChI=1S/C10H14F3N3/c1-16-6-8(10(11,12)13)15-9(16)7-3-2-4-14-5-7/h6-7,14H,2-5H2,1H3. The predicted molar refractivity (Wildman–Crippen MR) is 53.1 cm³/mol. The molecule has 1 aliphatic heterocycles. The highest BCUT2D eigenvalue weighted by atomic mass is 19.4. The minimum absolute atomic E-state index is 0.0925. The van der Waals surface area contributed by atoms with Gasteiger partial charge in [-0.05, 0) is 19.4 Å². The summed E-state index contributed by atoms with van der Waals surface area (Å²) in [6.45, 7) is 1.65. The van der Waals surface area contributed by atoms with Gasteiger partial charge >= 0.3 is 6.18 Å². The molecule has 2 rings (SSSR count). The average molecular weight is 233 g/mol. The van der Waals surface area contributed by atoms with E-state index in [0.29, 0.717) is 12.4 Å². The van der Waals surface area contributed by atoms with Crippen LogP contribution in [0, 0.1) is 0 Å². The van der Waals surface area contributed by atoms with Gasteiger partial charge in [0, 0.05) is 25.7 Å². The molecule has 0 aliphatic carbocycles. The number of alkyl halides is 3. The molecular weight excluding hydrogens is 219 g/mol. The Labute approximate surface area is 91.7 Å². The van der Waals surface area contributed by atoms with E-state index >= 15 is 0 Å². The molecule has 0 aromatic carbocycles. The van der Waals surface area contributed by atoms with Crippen molar-refractivity contribution >= 4 is 0 Å². The predicted octanol–water partition coefficient (Wildman–Crippen LogP) is 1.91. The zero-order valence-corrected chi connectivity index (χ0v) is 9.01. The Morgan fingerprint density at radius 2 is 2.25 bits per heavy atom. The molecule has 0 amide bonds. The number of hydrogen-bond donors (Lipinski definition) is 1. The van der Waals surface area contributed by atoms with Gasteiger partial charge in [0.15, 0.2) is 5.69 Å². The minimum atomic E-state index is -4.35. The van der Waals surface area contributed by atoms with Crippen molar-refractivity contribution in [2.75, 3.05) is 13.1 Å². The topological polar surface area (TPSA) is 29.9 Å². The molecule has 2 heterocycles. The monoisotopic (exact) mass is 233 g/mol. The number of halogens is 3. The summed E-state index contributed by atoms with van der Waals surface area (Å²) in [5, 5.41) is 3.17. The van der Waals surface area contributed by atoms with E-state index < -0.39 is 11.9 Å². The van der Waals surface area contributed by atoms with E-state index in [1.54, 1.807) is 7.05 Å². The molecule has 1 aromatic rings. The number of imidazole rings is 1. The van der Waals surface area contributed by atoms with Gasteiger partial charge < -0.3 is 9.88 Å². The molecule has 6 heteroatoms. The number of piperidine rings is 1. The van der Waals surface area contributed by atoms with Gasteiger partial charge in [0.2, 0.25) is 0 Å². The Morgan fingerprint density at radius 1 is 1.50 bits per heavy atom. The van der Waals surface area contributed by atoms with Crippen molar-refractivity contribution in [3.63, 3.8) is 0 Å². The highest BCUT2D eigenvalue weighted by Gasteiger charge is 2.35. The maximum Gasteiger partial charge on any atom is 0.434 e. The lowest BCUT2D eigenvalue weighted by atomic mass is 9.99. The molecule has 90 valence electrons. The van der Waals surface area contributed by atoms with Crippen molar-refractivity contribution in [1.29, 1.82) is 0 Å². The summed E-state index contributed by atoms with van der Waals surface area (Å²) < 4.78 is 38.9. The fourth-order valence-corrected chi connectivity index (χ4v) is 2.07. The maximum atomic E-state index is 12.5. The molecule has 16 heavy (non-hydrogen) atoms. The summed E-state index contributed by atoms with van der Waals surface area (Å²) in [7, 11) is 1.62. The molecule has 3 nitrogen and oxygen atoms in total. The zero-order chi connectivity index (χ0) is 11.8. The van der Waals surface area contributed by atoms with E-state index in [-0.39, 0.29) is 5.92 Å². The molecule has 1 aliphatic rings. The molecule has 1 aromatic heterocycles. The van der Waals surface area contributed by atoms with E-state index in [2.05, 4.69) is 10.3 Å². The number of nitrogens with zero attached hydrogens (tertiary/aromatic N) is 2. The molecule has 0 bridgehead atoms. The number of nitrogens with one attached hydrogen (secondary N) is 1. The Bertz CT molecular complexity index is 364. The molecule has 1 fully saturated rings. The second kappa shape index (κ2) is 4.08. The Hall–Kier alpha value is -1.04. The molecule has 1 unspecified atom stereocenters. The largest absolute Gasteiger partial charge is 0.434 e. The summed E-state index contributed by atoms with van der Waals surface area (Å²) in [5.41, 5.74) is -0.796. The van der Waals surface area contributed by atoms with Crippen LogP contribution in [0.15, 0.2) is 6.20 Å². The molecule has 0 spiro atoms. The second-order valence-electron chi connectivity index (χ2n) is 4.14. The van der Waals surface area contributed by atoms with Gasteiger partial charge in [-0.1, -0.05) is 0 Å². The normalized spacial score (nSPS) is 22.4. The third-order valence-electron chi connectivity index (χ3n) is 2.86. The summed E-state index contributed by atoms with van der Waals surface area (Å²) in [5.74, 6) is 0.620. The summed E-state index contributed by atoms with van der Waals surface area (Å²) in [6, 6.07) is 0. The van der Waals surface area contributed by atoms with Gasteiger partial charge in [0.1, 0.15) is 5.82 Å². The number of hydrogen-bond acceptors (Lipinski definition) is 2. The van der Waals surface area contributed by atoms with E-state index in [1.165, 1.54) is 4.57 Å². The van der Waals surface area contributed by atoms with Crippen LogP contribution in [0.5, 0.6) is 0 Å².